The summed E-state index contributed by atoms with van der Waals surface area (Å²) in [5.41, 5.74) is 1.82. The van der Waals surface area contributed by atoms with E-state index in [0.717, 1.165) is 5.56 Å². The van der Waals surface area contributed by atoms with Gasteiger partial charge in [-0.1, -0.05) is 17.7 Å². The minimum absolute atomic E-state index is 0.227. The second-order valence-corrected chi connectivity index (χ2v) is 5.17. The monoisotopic (exact) mass is 301 g/mol. The van der Waals surface area contributed by atoms with Crippen molar-refractivity contribution in [2.24, 2.45) is 0 Å². The number of carbonyl (C=O) groups is 2. The molecular weight excluding hydrogens is 285 g/mol. The van der Waals surface area contributed by atoms with Gasteiger partial charge in [0.1, 0.15) is 0 Å². The van der Waals surface area contributed by atoms with E-state index in [0.29, 0.717) is 18.0 Å². The number of anilines is 1. The molecule has 1 aromatic rings. The number of alkyl halides is 2. The van der Waals surface area contributed by atoms with Gasteiger partial charge < -0.3 is 4.90 Å². The van der Waals surface area contributed by atoms with Crippen LogP contribution in [0.1, 0.15) is 18.4 Å². The van der Waals surface area contributed by atoms with Crippen LogP contribution >= 0.6 is 23.2 Å². The molecule has 104 valence electrons. The zero-order valence-electron chi connectivity index (χ0n) is 11.0. The SMILES string of the molecule is Cc1ccc(N(C)C(=O)C(Cl)C(=O)CCCCl)cc1. The van der Waals surface area contributed by atoms with E-state index in [1.165, 1.54) is 4.90 Å². The summed E-state index contributed by atoms with van der Waals surface area (Å²) in [6, 6.07) is 7.44. The zero-order chi connectivity index (χ0) is 14.4. The molecule has 0 radical (unpaired) electrons. The van der Waals surface area contributed by atoms with Gasteiger partial charge in [0.05, 0.1) is 0 Å². The Morgan fingerprint density at radius 3 is 2.37 bits per heavy atom. The number of benzene rings is 1. The van der Waals surface area contributed by atoms with Crippen LogP contribution < -0.4 is 4.90 Å². The topological polar surface area (TPSA) is 37.4 Å². The number of aryl methyl sites for hydroxylation is 1. The Balaban J connectivity index is 2.70. The van der Waals surface area contributed by atoms with Gasteiger partial charge in [0, 0.05) is 25.0 Å². The molecule has 1 rings (SSSR count). The van der Waals surface area contributed by atoms with Crippen LogP contribution in [-0.4, -0.2) is 30.0 Å². The lowest BCUT2D eigenvalue weighted by Crippen LogP contribution is -2.38. The maximum absolute atomic E-state index is 12.1. The maximum atomic E-state index is 12.1. The summed E-state index contributed by atoms with van der Waals surface area (Å²) in [4.78, 5) is 25.2. The third kappa shape index (κ3) is 4.51. The molecule has 1 aromatic carbocycles. The first kappa shape index (κ1) is 16.0. The fourth-order valence-corrected chi connectivity index (χ4v) is 1.96. The van der Waals surface area contributed by atoms with Gasteiger partial charge in [0.15, 0.2) is 11.2 Å². The van der Waals surface area contributed by atoms with E-state index in [1.54, 1.807) is 7.05 Å². The summed E-state index contributed by atoms with van der Waals surface area (Å²) in [6.45, 7) is 1.96. The second kappa shape index (κ2) is 7.51. The van der Waals surface area contributed by atoms with Gasteiger partial charge in [-0.25, -0.2) is 0 Å². The summed E-state index contributed by atoms with van der Waals surface area (Å²) in [6.07, 6.45) is 0.760. The molecule has 0 aliphatic rings. The highest BCUT2D eigenvalue weighted by Gasteiger charge is 2.26. The van der Waals surface area contributed by atoms with Gasteiger partial charge in [0.25, 0.3) is 5.91 Å². The van der Waals surface area contributed by atoms with Crippen LogP contribution in [0.5, 0.6) is 0 Å². The van der Waals surface area contributed by atoms with Gasteiger partial charge in [-0.05, 0) is 25.5 Å². The van der Waals surface area contributed by atoms with Gasteiger partial charge in [0.2, 0.25) is 0 Å². The zero-order valence-corrected chi connectivity index (χ0v) is 12.5. The van der Waals surface area contributed by atoms with E-state index in [9.17, 15) is 9.59 Å². The van der Waals surface area contributed by atoms with Crippen LogP contribution in [0, 0.1) is 6.92 Å². The first-order valence-corrected chi connectivity index (χ1v) is 7.01. The molecule has 3 nitrogen and oxygen atoms in total. The normalized spacial score (nSPS) is 12.0. The van der Waals surface area contributed by atoms with E-state index in [-0.39, 0.29) is 12.2 Å². The Morgan fingerprint density at radius 1 is 1.26 bits per heavy atom. The van der Waals surface area contributed by atoms with Crippen molar-refractivity contribution in [2.75, 3.05) is 17.8 Å². The molecule has 0 spiro atoms. The van der Waals surface area contributed by atoms with E-state index >= 15 is 0 Å². The predicted octanol–water partition coefficient (Wildman–Crippen LogP) is 3.15. The van der Waals surface area contributed by atoms with Gasteiger partial charge in [-0.2, -0.15) is 0 Å². The lowest BCUT2D eigenvalue weighted by Gasteiger charge is -2.20. The van der Waals surface area contributed by atoms with Crippen molar-refractivity contribution >= 4 is 40.6 Å². The Labute approximate surface area is 123 Å². The largest absolute Gasteiger partial charge is 0.314 e. The van der Waals surface area contributed by atoms with Crippen molar-refractivity contribution in [3.8, 4) is 0 Å². The Morgan fingerprint density at radius 2 is 1.84 bits per heavy atom. The standard InChI is InChI=1S/C14H17Cl2NO2/c1-10-5-7-11(8-6-10)17(2)14(19)13(16)12(18)4-3-9-15/h5-8,13H,3-4,9H2,1-2H3. The first-order valence-electron chi connectivity index (χ1n) is 6.04. The maximum Gasteiger partial charge on any atom is 0.252 e. The summed E-state index contributed by atoms with van der Waals surface area (Å²) in [7, 11) is 1.61. The number of Topliss-reactive ketones (excluding diaryl/α,β-unsaturated/α-hetero) is 1. The van der Waals surface area contributed by atoms with Crippen molar-refractivity contribution in [1.29, 1.82) is 0 Å². The van der Waals surface area contributed by atoms with E-state index in [4.69, 9.17) is 23.2 Å². The first-order chi connectivity index (χ1) is 8.97. The predicted molar refractivity (Wildman–Crippen MR) is 79.2 cm³/mol. The van der Waals surface area contributed by atoms with Gasteiger partial charge in [-0.3, -0.25) is 9.59 Å². The van der Waals surface area contributed by atoms with E-state index in [1.807, 2.05) is 31.2 Å². The number of halogens is 2. The van der Waals surface area contributed by atoms with Gasteiger partial charge >= 0.3 is 0 Å². The van der Waals surface area contributed by atoms with E-state index < -0.39 is 11.3 Å². The highest BCUT2D eigenvalue weighted by molar-refractivity contribution is 6.43. The average molecular weight is 302 g/mol. The van der Waals surface area contributed by atoms with Crippen LogP contribution in [0.3, 0.4) is 0 Å². The molecule has 1 unspecified atom stereocenters. The highest BCUT2D eigenvalue weighted by Crippen LogP contribution is 2.17. The van der Waals surface area contributed by atoms with Crippen molar-refractivity contribution in [2.45, 2.75) is 25.1 Å². The summed E-state index contributed by atoms with van der Waals surface area (Å²) in [5, 5.41) is -1.14. The Bertz CT molecular complexity index is 445. The molecule has 0 aromatic heterocycles. The van der Waals surface area contributed by atoms with Crippen LogP contribution in [-0.2, 0) is 9.59 Å². The molecule has 19 heavy (non-hydrogen) atoms. The van der Waals surface area contributed by atoms with Crippen molar-refractivity contribution in [1.82, 2.24) is 0 Å². The number of nitrogens with zero attached hydrogens (tertiary/aromatic N) is 1. The number of carbonyl (C=O) groups excluding carboxylic acids is 2. The molecule has 1 amide bonds. The van der Waals surface area contributed by atoms with Gasteiger partial charge in [-0.15, -0.1) is 23.2 Å². The van der Waals surface area contributed by atoms with Crippen molar-refractivity contribution in [3.63, 3.8) is 0 Å². The number of hydrogen-bond donors (Lipinski definition) is 0. The van der Waals surface area contributed by atoms with Crippen LogP contribution in [0.4, 0.5) is 5.69 Å². The third-order valence-electron chi connectivity index (χ3n) is 2.81. The van der Waals surface area contributed by atoms with Crippen molar-refractivity contribution in [3.05, 3.63) is 29.8 Å². The molecule has 0 saturated heterocycles. The van der Waals surface area contributed by atoms with Crippen LogP contribution in [0.15, 0.2) is 24.3 Å². The summed E-state index contributed by atoms with van der Waals surface area (Å²) in [5.74, 6) is -0.312. The van der Waals surface area contributed by atoms with E-state index in [2.05, 4.69) is 0 Å². The number of hydrogen-bond acceptors (Lipinski definition) is 2. The molecule has 0 fully saturated rings. The molecular formula is C14H17Cl2NO2. The van der Waals surface area contributed by atoms with Crippen LogP contribution in [0.2, 0.25) is 0 Å². The smallest absolute Gasteiger partial charge is 0.252 e. The fraction of sp³-hybridized carbons (Fsp3) is 0.429. The Kier molecular flexibility index (Phi) is 6.32. The lowest BCUT2D eigenvalue weighted by atomic mass is 10.1. The molecule has 0 heterocycles. The lowest BCUT2D eigenvalue weighted by molar-refractivity contribution is -0.126. The molecule has 5 heteroatoms. The molecule has 0 N–H and O–H groups in total. The molecule has 0 saturated carbocycles. The molecule has 0 aliphatic heterocycles. The molecule has 0 aliphatic carbocycles. The average Bonchev–Trinajstić information content (AvgIpc) is 2.43. The van der Waals surface area contributed by atoms with Crippen molar-refractivity contribution < 1.29 is 9.59 Å². The fourth-order valence-electron chi connectivity index (χ4n) is 1.57. The summed E-state index contributed by atoms with van der Waals surface area (Å²) >= 11 is 11.4. The number of ketones is 1. The van der Waals surface area contributed by atoms with Crippen LogP contribution in [0.25, 0.3) is 0 Å². The number of rotatable bonds is 6. The number of amides is 1. The molecule has 0 bridgehead atoms. The second-order valence-electron chi connectivity index (χ2n) is 4.35. The highest BCUT2D eigenvalue weighted by atomic mass is 35.5. The quantitative estimate of drug-likeness (QED) is 0.598. The minimum Gasteiger partial charge on any atom is -0.314 e. The Hall–Kier alpha value is -1.06. The summed E-state index contributed by atoms with van der Waals surface area (Å²) < 4.78 is 0. The molecule has 1 atom stereocenters. The third-order valence-corrected chi connectivity index (χ3v) is 3.51. The minimum atomic E-state index is -1.14.